The minimum atomic E-state index is -0.188. The maximum Gasteiger partial charge on any atom is 0.0667 e. The fourth-order valence-corrected chi connectivity index (χ4v) is 2.67. The van der Waals surface area contributed by atoms with E-state index in [0.717, 1.165) is 43.9 Å². The van der Waals surface area contributed by atoms with Crippen molar-refractivity contribution in [2.45, 2.75) is 45.9 Å². The highest BCUT2D eigenvalue weighted by atomic mass is 16.3. The lowest BCUT2D eigenvalue weighted by atomic mass is 10.1. The third-order valence-electron chi connectivity index (χ3n) is 3.71. The van der Waals surface area contributed by atoms with Gasteiger partial charge in [0, 0.05) is 24.3 Å². The number of likely N-dealkylation sites (tertiary alicyclic amines) is 1. The van der Waals surface area contributed by atoms with Crippen molar-refractivity contribution in [3.8, 4) is 0 Å². The normalized spacial score (nSPS) is 21.4. The second-order valence-corrected chi connectivity index (χ2v) is 5.13. The van der Waals surface area contributed by atoms with Crippen LogP contribution in [0.2, 0.25) is 0 Å². The molecule has 2 rings (SSSR count). The molecule has 1 saturated heterocycles. The molecule has 1 atom stereocenters. The first-order valence-electron chi connectivity index (χ1n) is 6.66. The Labute approximate surface area is 108 Å². The highest BCUT2D eigenvalue weighted by Crippen LogP contribution is 2.18. The van der Waals surface area contributed by atoms with E-state index in [2.05, 4.69) is 10.00 Å². The minimum Gasteiger partial charge on any atom is -0.394 e. The van der Waals surface area contributed by atoms with Crippen molar-refractivity contribution in [3.63, 3.8) is 0 Å². The monoisotopic (exact) mass is 253 g/mol. The van der Waals surface area contributed by atoms with E-state index in [4.69, 9.17) is 5.11 Å². The molecule has 2 heterocycles. The molecule has 0 spiro atoms. The van der Waals surface area contributed by atoms with E-state index in [0.29, 0.717) is 6.54 Å². The smallest absolute Gasteiger partial charge is 0.0667 e. The predicted molar refractivity (Wildman–Crippen MR) is 69.3 cm³/mol. The van der Waals surface area contributed by atoms with Crippen molar-refractivity contribution in [2.75, 3.05) is 19.7 Å². The Balaban J connectivity index is 2.08. The van der Waals surface area contributed by atoms with Crippen molar-refractivity contribution in [1.29, 1.82) is 0 Å². The van der Waals surface area contributed by atoms with Gasteiger partial charge in [-0.1, -0.05) is 0 Å². The highest BCUT2D eigenvalue weighted by Gasteiger charge is 2.20. The quantitative estimate of drug-likeness (QED) is 0.818. The Bertz CT molecular complexity index is 403. The first kappa shape index (κ1) is 13.5. The third-order valence-corrected chi connectivity index (χ3v) is 3.71. The van der Waals surface area contributed by atoms with Gasteiger partial charge in [0.05, 0.1) is 24.9 Å². The van der Waals surface area contributed by atoms with E-state index < -0.39 is 0 Å². The SMILES string of the molecule is Cc1nn(CCO)c(C)c1CN1CCCC(O)C1. The van der Waals surface area contributed by atoms with Crippen LogP contribution in [0.5, 0.6) is 0 Å². The van der Waals surface area contributed by atoms with Crippen LogP contribution in [0.1, 0.15) is 29.8 Å². The standard InChI is InChI=1S/C13H23N3O2/c1-10-13(11(2)16(14-10)6-7-17)9-15-5-3-4-12(18)8-15/h12,17-18H,3-9H2,1-2H3. The minimum absolute atomic E-state index is 0.115. The summed E-state index contributed by atoms with van der Waals surface area (Å²) in [6, 6.07) is 0. The summed E-state index contributed by atoms with van der Waals surface area (Å²) < 4.78 is 1.87. The van der Waals surface area contributed by atoms with Crippen molar-refractivity contribution < 1.29 is 10.2 Å². The molecule has 0 radical (unpaired) electrons. The summed E-state index contributed by atoms with van der Waals surface area (Å²) in [6.07, 6.45) is 1.79. The second-order valence-electron chi connectivity index (χ2n) is 5.13. The van der Waals surface area contributed by atoms with Gasteiger partial charge in [-0.2, -0.15) is 5.10 Å². The van der Waals surface area contributed by atoms with Crippen molar-refractivity contribution >= 4 is 0 Å². The van der Waals surface area contributed by atoms with E-state index in [1.165, 1.54) is 5.56 Å². The molecule has 0 aliphatic carbocycles. The molecule has 102 valence electrons. The van der Waals surface area contributed by atoms with Crippen LogP contribution in [-0.4, -0.2) is 50.7 Å². The molecule has 2 N–H and O–H groups in total. The molecule has 18 heavy (non-hydrogen) atoms. The zero-order valence-corrected chi connectivity index (χ0v) is 11.3. The molecule has 0 bridgehead atoms. The lowest BCUT2D eigenvalue weighted by Gasteiger charge is -2.30. The van der Waals surface area contributed by atoms with Crippen LogP contribution in [0.4, 0.5) is 0 Å². The maximum absolute atomic E-state index is 9.69. The van der Waals surface area contributed by atoms with Crippen molar-refractivity contribution in [1.82, 2.24) is 14.7 Å². The van der Waals surface area contributed by atoms with Gasteiger partial charge < -0.3 is 10.2 Å². The van der Waals surface area contributed by atoms with Gasteiger partial charge in [0.2, 0.25) is 0 Å². The van der Waals surface area contributed by atoms with Gasteiger partial charge in [-0.25, -0.2) is 0 Å². The van der Waals surface area contributed by atoms with E-state index in [1.807, 2.05) is 18.5 Å². The Morgan fingerprint density at radius 3 is 2.83 bits per heavy atom. The van der Waals surface area contributed by atoms with Gasteiger partial charge in [0.25, 0.3) is 0 Å². The zero-order chi connectivity index (χ0) is 13.1. The lowest BCUT2D eigenvalue weighted by molar-refractivity contribution is 0.0666. The fraction of sp³-hybridized carbons (Fsp3) is 0.769. The maximum atomic E-state index is 9.69. The van der Waals surface area contributed by atoms with E-state index in [9.17, 15) is 5.11 Å². The molecule has 0 amide bonds. The van der Waals surface area contributed by atoms with Crippen LogP contribution in [0, 0.1) is 13.8 Å². The number of hydrogen-bond acceptors (Lipinski definition) is 4. The van der Waals surface area contributed by atoms with Crippen LogP contribution in [0.3, 0.4) is 0 Å². The largest absolute Gasteiger partial charge is 0.394 e. The summed E-state index contributed by atoms with van der Waals surface area (Å²) >= 11 is 0. The Morgan fingerprint density at radius 2 is 2.17 bits per heavy atom. The molecule has 5 heteroatoms. The number of hydrogen-bond donors (Lipinski definition) is 2. The van der Waals surface area contributed by atoms with Gasteiger partial charge >= 0.3 is 0 Å². The number of nitrogens with zero attached hydrogens (tertiary/aromatic N) is 3. The molecule has 1 fully saturated rings. The van der Waals surface area contributed by atoms with Crippen LogP contribution in [0.25, 0.3) is 0 Å². The molecule has 1 aromatic heterocycles. The molecule has 0 saturated carbocycles. The summed E-state index contributed by atoms with van der Waals surface area (Å²) in [4.78, 5) is 2.29. The predicted octanol–water partition coefficient (Wildman–Crippen LogP) is 0.449. The lowest BCUT2D eigenvalue weighted by Crippen LogP contribution is -2.37. The highest BCUT2D eigenvalue weighted by molar-refractivity contribution is 5.24. The molecule has 1 aliphatic heterocycles. The molecule has 1 unspecified atom stereocenters. The van der Waals surface area contributed by atoms with Crippen molar-refractivity contribution in [2.24, 2.45) is 0 Å². The average Bonchev–Trinajstić information content (AvgIpc) is 2.58. The summed E-state index contributed by atoms with van der Waals surface area (Å²) in [5.74, 6) is 0. The van der Waals surface area contributed by atoms with Crippen LogP contribution >= 0.6 is 0 Å². The topological polar surface area (TPSA) is 61.5 Å². The van der Waals surface area contributed by atoms with Crippen molar-refractivity contribution in [3.05, 3.63) is 17.0 Å². The number of aromatic nitrogens is 2. The number of rotatable bonds is 4. The van der Waals surface area contributed by atoms with E-state index in [-0.39, 0.29) is 12.7 Å². The van der Waals surface area contributed by atoms with Gasteiger partial charge in [-0.3, -0.25) is 9.58 Å². The summed E-state index contributed by atoms with van der Waals surface area (Å²) in [5.41, 5.74) is 3.39. The van der Waals surface area contributed by atoms with Gasteiger partial charge in [0.1, 0.15) is 0 Å². The first-order valence-corrected chi connectivity index (χ1v) is 6.66. The average molecular weight is 253 g/mol. The van der Waals surface area contributed by atoms with Gasteiger partial charge in [0.15, 0.2) is 0 Å². The van der Waals surface area contributed by atoms with Crippen LogP contribution < -0.4 is 0 Å². The molecule has 1 aliphatic rings. The number of aliphatic hydroxyl groups excluding tert-OH is 2. The van der Waals surface area contributed by atoms with E-state index in [1.54, 1.807) is 0 Å². The van der Waals surface area contributed by atoms with Crippen LogP contribution in [0.15, 0.2) is 0 Å². The zero-order valence-electron chi connectivity index (χ0n) is 11.3. The molecule has 1 aromatic rings. The molecular weight excluding hydrogens is 230 g/mol. The number of β-amino-alcohol motifs (C(OH)–C–C–N with tert-alkyl or cyclic N) is 1. The third kappa shape index (κ3) is 2.91. The molecule has 5 nitrogen and oxygen atoms in total. The summed E-state index contributed by atoms with van der Waals surface area (Å²) in [6.45, 7) is 7.37. The van der Waals surface area contributed by atoms with E-state index >= 15 is 0 Å². The Morgan fingerprint density at radius 1 is 1.39 bits per heavy atom. The van der Waals surface area contributed by atoms with Crippen LogP contribution in [-0.2, 0) is 13.1 Å². The fourth-order valence-electron chi connectivity index (χ4n) is 2.67. The Kier molecular flexibility index (Phi) is 4.37. The second kappa shape index (κ2) is 5.82. The Hall–Kier alpha value is -0.910. The summed E-state index contributed by atoms with van der Waals surface area (Å²) in [7, 11) is 0. The number of piperidine rings is 1. The first-order chi connectivity index (χ1) is 8.61. The van der Waals surface area contributed by atoms with Gasteiger partial charge in [-0.05, 0) is 33.2 Å². The molecule has 0 aromatic carbocycles. The summed E-state index contributed by atoms with van der Waals surface area (Å²) in [5, 5.41) is 23.1. The number of aliphatic hydroxyl groups is 2. The molecular formula is C13H23N3O2. The van der Waals surface area contributed by atoms with Gasteiger partial charge in [-0.15, -0.1) is 0 Å². The number of aryl methyl sites for hydroxylation is 1.